The number of para-hydroxylation sites is 1. The number of nitrogens with zero attached hydrogens (tertiary/aromatic N) is 2. The molecule has 6 nitrogen and oxygen atoms in total. The van der Waals surface area contributed by atoms with E-state index in [0.29, 0.717) is 29.9 Å². The Morgan fingerprint density at radius 3 is 2.79 bits per heavy atom. The maximum absolute atomic E-state index is 12.1. The van der Waals surface area contributed by atoms with Gasteiger partial charge in [-0.25, -0.2) is 4.79 Å². The second-order valence-corrected chi connectivity index (χ2v) is 7.98. The number of amides is 1. The summed E-state index contributed by atoms with van der Waals surface area (Å²) in [4.78, 5) is 24.7. The van der Waals surface area contributed by atoms with Crippen LogP contribution in [0.5, 0.6) is 0 Å². The highest BCUT2D eigenvalue weighted by Gasteiger charge is 2.30. The molecule has 0 bridgehead atoms. The summed E-state index contributed by atoms with van der Waals surface area (Å²) in [6.45, 7) is 6.89. The zero-order valence-electron chi connectivity index (χ0n) is 14.3. The fourth-order valence-corrected chi connectivity index (χ4v) is 3.44. The number of nitro groups is 1. The topological polar surface area (TPSA) is 72.7 Å². The number of carbonyl (C=O) groups excluding carboxylic acids is 1. The Balaban J connectivity index is 1.92. The van der Waals surface area contributed by atoms with Crippen LogP contribution in [0.15, 0.2) is 22.7 Å². The normalized spacial score (nSPS) is 17.8. The number of rotatable bonds is 4. The van der Waals surface area contributed by atoms with Crippen molar-refractivity contribution in [1.82, 2.24) is 4.90 Å². The highest BCUT2D eigenvalue weighted by Crippen LogP contribution is 2.31. The van der Waals surface area contributed by atoms with E-state index in [2.05, 4.69) is 15.9 Å². The van der Waals surface area contributed by atoms with Crippen LogP contribution in [0.2, 0.25) is 0 Å². The Bertz CT molecular complexity index is 628. The van der Waals surface area contributed by atoms with E-state index in [0.717, 1.165) is 18.4 Å². The van der Waals surface area contributed by atoms with E-state index in [1.165, 1.54) is 0 Å². The lowest BCUT2D eigenvalue weighted by molar-refractivity contribution is -0.386. The fraction of sp³-hybridized carbons (Fsp3) is 0.588. The lowest BCUT2D eigenvalue weighted by Crippen LogP contribution is -2.35. The quantitative estimate of drug-likeness (QED) is 0.550. The van der Waals surface area contributed by atoms with E-state index < -0.39 is 5.60 Å². The average molecular weight is 399 g/mol. The Labute approximate surface area is 150 Å². The van der Waals surface area contributed by atoms with Gasteiger partial charge in [0.2, 0.25) is 0 Å². The molecule has 0 spiro atoms. The van der Waals surface area contributed by atoms with E-state index in [4.69, 9.17) is 4.74 Å². The van der Waals surface area contributed by atoms with Crippen LogP contribution >= 0.6 is 15.9 Å². The second-order valence-electron chi connectivity index (χ2n) is 7.12. The lowest BCUT2D eigenvalue weighted by atomic mass is 9.98. The Morgan fingerprint density at radius 1 is 1.46 bits per heavy atom. The van der Waals surface area contributed by atoms with Gasteiger partial charge in [0.25, 0.3) is 5.69 Å². The third kappa shape index (κ3) is 4.93. The first-order valence-electron chi connectivity index (χ1n) is 8.07. The highest BCUT2D eigenvalue weighted by atomic mass is 79.9. The second kappa shape index (κ2) is 7.51. The molecular weight excluding hydrogens is 376 g/mol. The summed E-state index contributed by atoms with van der Waals surface area (Å²) in [5, 5.41) is 11.2. The molecule has 2 rings (SSSR count). The van der Waals surface area contributed by atoms with Gasteiger partial charge >= 0.3 is 6.09 Å². The van der Waals surface area contributed by atoms with Crippen molar-refractivity contribution in [3.8, 4) is 0 Å². The molecule has 24 heavy (non-hydrogen) atoms. The van der Waals surface area contributed by atoms with E-state index in [1.54, 1.807) is 17.0 Å². The molecule has 1 fully saturated rings. The molecule has 1 aliphatic rings. The van der Waals surface area contributed by atoms with Crippen molar-refractivity contribution in [2.24, 2.45) is 5.92 Å². The minimum absolute atomic E-state index is 0.138. The minimum atomic E-state index is -0.494. The van der Waals surface area contributed by atoms with Crippen molar-refractivity contribution < 1.29 is 14.5 Å². The number of ether oxygens (including phenoxy) is 1. The molecule has 1 heterocycles. The van der Waals surface area contributed by atoms with E-state index in [9.17, 15) is 14.9 Å². The number of hydrogen-bond donors (Lipinski definition) is 0. The van der Waals surface area contributed by atoms with Gasteiger partial charge in [0.05, 0.1) is 9.40 Å². The predicted molar refractivity (Wildman–Crippen MR) is 95.0 cm³/mol. The van der Waals surface area contributed by atoms with Crippen LogP contribution in [0, 0.1) is 16.0 Å². The van der Waals surface area contributed by atoms with Crippen LogP contribution in [0.3, 0.4) is 0 Å². The van der Waals surface area contributed by atoms with E-state index >= 15 is 0 Å². The van der Waals surface area contributed by atoms with Crippen LogP contribution in [0.4, 0.5) is 10.5 Å². The largest absolute Gasteiger partial charge is 0.444 e. The number of benzene rings is 1. The Kier molecular flexibility index (Phi) is 5.85. The Hall–Kier alpha value is -1.63. The average Bonchev–Trinajstić information content (AvgIpc) is 2.91. The van der Waals surface area contributed by atoms with Gasteiger partial charge in [0, 0.05) is 18.7 Å². The van der Waals surface area contributed by atoms with Gasteiger partial charge in [-0.05, 0) is 67.9 Å². The van der Waals surface area contributed by atoms with Gasteiger partial charge in [-0.1, -0.05) is 12.1 Å². The highest BCUT2D eigenvalue weighted by molar-refractivity contribution is 9.10. The SMILES string of the molecule is CC(C)(C)OC(=O)N1CC[C@@H](CCc2cccc(Br)c2[N+](=O)[O-])C1. The van der Waals surface area contributed by atoms with Crippen molar-refractivity contribution in [1.29, 1.82) is 0 Å². The first kappa shape index (κ1) is 18.7. The van der Waals surface area contributed by atoms with Crippen molar-refractivity contribution in [2.45, 2.75) is 45.6 Å². The van der Waals surface area contributed by atoms with Crippen molar-refractivity contribution in [3.63, 3.8) is 0 Å². The summed E-state index contributed by atoms with van der Waals surface area (Å²) in [6, 6.07) is 5.29. The molecular formula is C17H23BrN2O4. The van der Waals surface area contributed by atoms with Gasteiger partial charge in [0.15, 0.2) is 0 Å². The summed E-state index contributed by atoms with van der Waals surface area (Å²) in [5.74, 6) is 0.344. The number of halogens is 1. The standard InChI is InChI=1S/C17H23BrN2O4/c1-17(2,3)24-16(21)19-10-9-12(11-19)7-8-13-5-4-6-14(18)15(13)20(22)23/h4-6,12H,7-11H2,1-3H3/t12-/m1/s1. The zero-order valence-corrected chi connectivity index (χ0v) is 15.8. The molecule has 0 aromatic heterocycles. The van der Waals surface area contributed by atoms with Crippen molar-refractivity contribution >= 4 is 27.7 Å². The van der Waals surface area contributed by atoms with Crippen LogP contribution in [-0.2, 0) is 11.2 Å². The number of carbonyl (C=O) groups is 1. The van der Waals surface area contributed by atoms with Gasteiger partial charge in [-0.3, -0.25) is 10.1 Å². The van der Waals surface area contributed by atoms with Crippen molar-refractivity contribution in [3.05, 3.63) is 38.3 Å². The smallest absolute Gasteiger partial charge is 0.410 e. The summed E-state index contributed by atoms with van der Waals surface area (Å²) < 4.78 is 5.90. The molecule has 132 valence electrons. The van der Waals surface area contributed by atoms with Gasteiger partial charge in [-0.2, -0.15) is 0 Å². The van der Waals surface area contributed by atoms with Crippen LogP contribution in [0.25, 0.3) is 0 Å². The molecule has 0 aliphatic carbocycles. The lowest BCUT2D eigenvalue weighted by Gasteiger charge is -2.24. The first-order valence-corrected chi connectivity index (χ1v) is 8.86. The maximum atomic E-state index is 12.1. The minimum Gasteiger partial charge on any atom is -0.444 e. The van der Waals surface area contributed by atoms with Gasteiger partial charge in [-0.15, -0.1) is 0 Å². The molecule has 1 aromatic rings. The van der Waals surface area contributed by atoms with Crippen LogP contribution < -0.4 is 0 Å². The number of nitro benzene ring substituents is 1. The number of aryl methyl sites for hydroxylation is 1. The molecule has 0 radical (unpaired) electrons. The molecule has 1 saturated heterocycles. The molecule has 1 aromatic carbocycles. The third-order valence-electron chi connectivity index (χ3n) is 4.01. The molecule has 7 heteroatoms. The molecule has 1 atom stereocenters. The third-order valence-corrected chi connectivity index (χ3v) is 4.65. The van der Waals surface area contributed by atoms with Crippen LogP contribution in [-0.4, -0.2) is 34.6 Å². The number of likely N-dealkylation sites (tertiary alicyclic amines) is 1. The van der Waals surface area contributed by atoms with Crippen molar-refractivity contribution in [2.75, 3.05) is 13.1 Å². The molecule has 1 aliphatic heterocycles. The van der Waals surface area contributed by atoms with E-state index in [1.807, 2.05) is 26.8 Å². The predicted octanol–water partition coefficient (Wildman–Crippen LogP) is 4.55. The van der Waals surface area contributed by atoms with Crippen LogP contribution in [0.1, 0.15) is 39.2 Å². The zero-order chi connectivity index (χ0) is 17.9. The van der Waals surface area contributed by atoms with Gasteiger partial charge in [0.1, 0.15) is 5.60 Å². The Morgan fingerprint density at radius 2 is 2.17 bits per heavy atom. The summed E-state index contributed by atoms with van der Waals surface area (Å²) in [5.41, 5.74) is 0.371. The number of hydrogen-bond acceptors (Lipinski definition) is 4. The monoisotopic (exact) mass is 398 g/mol. The summed E-state index contributed by atoms with van der Waals surface area (Å²) in [6.07, 6.45) is 2.07. The summed E-state index contributed by atoms with van der Waals surface area (Å²) >= 11 is 3.25. The maximum Gasteiger partial charge on any atom is 0.410 e. The molecule has 0 unspecified atom stereocenters. The van der Waals surface area contributed by atoms with E-state index in [-0.39, 0.29) is 16.7 Å². The first-order chi connectivity index (χ1) is 11.2. The van der Waals surface area contributed by atoms with Gasteiger partial charge < -0.3 is 9.64 Å². The molecule has 1 amide bonds. The summed E-state index contributed by atoms with van der Waals surface area (Å²) in [7, 11) is 0. The fourth-order valence-electron chi connectivity index (χ4n) is 2.89. The molecule has 0 saturated carbocycles. The molecule has 0 N–H and O–H groups in total.